The Morgan fingerprint density at radius 3 is 1.05 bits per heavy atom. The highest BCUT2D eigenvalue weighted by molar-refractivity contribution is 5.77. The first-order valence-corrected chi connectivity index (χ1v) is 31.8. The number of hydrogen-bond acceptors (Lipinski definition) is 5. The molecule has 0 N–H and O–H groups in total. The second-order valence-corrected chi connectivity index (χ2v) is 24.5. The van der Waals surface area contributed by atoms with E-state index in [9.17, 15) is 21.0 Å². The Bertz CT molecular complexity index is 2070. The topological polar surface area (TPSA) is 104 Å². The lowest BCUT2D eigenvalue weighted by Gasteiger charge is -2.38. The molecule has 0 aliphatic heterocycles. The normalized spacial score (nSPS) is 24.5. The minimum absolute atomic E-state index is 0.319. The van der Waals surface area contributed by atoms with E-state index in [-0.39, 0.29) is 0 Å². The molecule has 4 saturated carbocycles. The van der Waals surface area contributed by atoms with Crippen molar-refractivity contribution in [1.82, 2.24) is 0 Å². The number of ether oxygens (including phenoxy) is 1. The van der Waals surface area contributed by atoms with E-state index in [4.69, 9.17) is 4.74 Å². The van der Waals surface area contributed by atoms with Gasteiger partial charge in [-0.1, -0.05) is 193 Å². The van der Waals surface area contributed by atoms with Gasteiger partial charge in [-0.3, -0.25) is 0 Å². The van der Waals surface area contributed by atoms with Crippen LogP contribution in [0.2, 0.25) is 0 Å². The molecular weight excluding hydrogens is 913 g/mol. The number of allylic oxidation sites excluding steroid dienone is 2. The third-order valence-electron chi connectivity index (χ3n) is 19.6. The molecule has 5 nitrogen and oxygen atoms in total. The quantitative estimate of drug-likeness (QED) is 0.0725. The van der Waals surface area contributed by atoms with Gasteiger partial charge in [0.2, 0.25) is 0 Å². The summed E-state index contributed by atoms with van der Waals surface area (Å²) in [4.78, 5) is 0. The Labute approximate surface area is 459 Å². The van der Waals surface area contributed by atoms with Crippen LogP contribution in [0.15, 0.2) is 36.4 Å². The molecule has 0 spiro atoms. The van der Waals surface area contributed by atoms with Crippen LogP contribution in [0.25, 0.3) is 11.1 Å². The summed E-state index contributed by atoms with van der Waals surface area (Å²) in [5, 5.41) is 42.7. The Balaban J connectivity index is 1.19. The molecule has 0 unspecified atom stereocenters. The monoisotopic (exact) mass is 1010 g/mol. The summed E-state index contributed by atoms with van der Waals surface area (Å²) in [6.45, 7) is 9.83. The molecule has 5 heteroatoms. The van der Waals surface area contributed by atoms with E-state index in [1.165, 1.54) is 165 Å². The molecule has 0 heterocycles. The molecule has 4 aliphatic carbocycles. The first-order valence-electron chi connectivity index (χ1n) is 31.8. The van der Waals surface area contributed by atoms with E-state index >= 15 is 0 Å². The van der Waals surface area contributed by atoms with Crippen LogP contribution in [-0.2, 0) is 17.6 Å². The van der Waals surface area contributed by atoms with Gasteiger partial charge >= 0.3 is 0 Å². The summed E-state index contributed by atoms with van der Waals surface area (Å²) in [5.41, 5.74) is 8.37. The van der Waals surface area contributed by atoms with Gasteiger partial charge in [-0.05, 0) is 183 Å². The van der Waals surface area contributed by atoms with Crippen molar-refractivity contribution in [1.29, 1.82) is 21.0 Å². The highest BCUT2D eigenvalue weighted by atomic mass is 16.5. The van der Waals surface area contributed by atoms with Gasteiger partial charge < -0.3 is 4.74 Å². The molecule has 408 valence electrons. The van der Waals surface area contributed by atoms with Crippen LogP contribution in [0.3, 0.4) is 0 Å². The van der Waals surface area contributed by atoms with Crippen molar-refractivity contribution in [3.05, 3.63) is 80.9 Å². The summed E-state index contributed by atoms with van der Waals surface area (Å²) < 4.78 is 6.66. The lowest BCUT2D eigenvalue weighted by Crippen LogP contribution is -2.26. The van der Waals surface area contributed by atoms with Gasteiger partial charge in [-0.2, -0.15) is 21.0 Å². The second kappa shape index (κ2) is 33.9. The van der Waals surface area contributed by atoms with E-state index in [0.717, 1.165) is 135 Å². The number of nitrogens with zero attached hydrogens (tertiary/aromatic N) is 4. The SMILES string of the molecule is CCCCCCCC1CCC(C2CCC(C(=CCOCC=C(c3ccc(CCCCC)c(C#N)c3C#N)C3CCC(C4CCC(CCCCCCC)CC4)CC3)c3ccc(CCCCC)c(C#N)c3C#N)CC2)CC1. The van der Waals surface area contributed by atoms with Crippen molar-refractivity contribution in [2.45, 2.75) is 259 Å². The zero-order valence-electron chi connectivity index (χ0n) is 48.2. The van der Waals surface area contributed by atoms with Crippen LogP contribution in [0.5, 0.6) is 0 Å². The molecule has 0 atom stereocenters. The van der Waals surface area contributed by atoms with E-state index in [2.05, 4.69) is 88.4 Å². The summed E-state index contributed by atoms with van der Waals surface area (Å²) in [5.74, 6) is 5.74. The Hall–Kier alpha value is -4.16. The zero-order chi connectivity index (χ0) is 53.0. The van der Waals surface area contributed by atoms with Crippen molar-refractivity contribution in [3.8, 4) is 24.3 Å². The summed E-state index contributed by atoms with van der Waals surface area (Å²) >= 11 is 0. The van der Waals surface area contributed by atoms with Gasteiger partial charge in [0.1, 0.15) is 24.3 Å². The zero-order valence-corrected chi connectivity index (χ0v) is 48.2. The van der Waals surface area contributed by atoms with Crippen molar-refractivity contribution >= 4 is 11.1 Å². The van der Waals surface area contributed by atoms with E-state index < -0.39 is 0 Å². The summed E-state index contributed by atoms with van der Waals surface area (Å²) in [6.07, 6.45) is 49.9. The average Bonchev–Trinajstić information content (AvgIpc) is 3.45. The molecule has 0 amide bonds. The smallest absolute Gasteiger partial charge is 0.101 e. The molecule has 75 heavy (non-hydrogen) atoms. The van der Waals surface area contributed by atoms with Crippen molar-refractivity contribution < 1.29 is 4.74 Å². The van der Waals surface area contributed by atoms with E-state index in [1.807, 2.05) is 0 Å². The molecule has 4 fully saturated rings. The minimum atomic E-state index is 0.319. The summed E-state index contributed by atoms with van der Waals surface area (Å²) in [6, 6.07) is 18.6. The van der Waals surface area contributed by atoms with Gasteiger partial charge in [-0.25, -0.2) is 0 Å². The Kier molecular flexibility index (Phi) is 27.1. The van der Waals surface area contributed by atoms with Gasteiger partial charge in [0.25, 0.3) is 0 Å². The van der Waals surface area contributed by atoms with E-state index in [0.29, 0.717) is 47.3 Å². The highest BCUT2D eigenvalue weighted by Crippen LogP contribution is 2.48. The average molecular weight is 1020 g/mol. The molecule has 6 rings (SSSR count). The van der Waals surface area contributed by atoms with Crippen LogP contribution in [0, 0.1) is 92.7 Å². The predicted octanol–water partition coefficient (Wildman–Crippen LogP) is 20.1. The first-order chi connectivity index (χ1) is 36.9. The van der Waals surface area contributed by atoms with Gasteiger partial charge in [0.15, 0.2) is 0 Å². The minimum Gasteiger partial charge on any atom is -0.373 e. The van der Waals surface area contributed by atoms with Crippen molar-refractivity contribution in [2.75, 3.05) is 13.2 Å². The third-order valence-corrected chi connectivity index (χ3v) is 19.6. The Morgan fingerprint density at radius 1 is 0.400 bits per heavy atom. The van der Waals surface area contributed by atoms with Crippen LogP contribution in [0.4, 0.5) is 0 Å². The molecule has 2 aromatic carbocycles. The summed E-state index contributed by atoms with van der Waals surface area (Å²) in [7, 11) is 0. The largest absolute Gasteiger partial charge is 0.373 e. The lowest BCUT2D eigenvalue weighted by atomic mass is 9.67. The fraction of sp³-hybridized carbons (Fsp3) is 0.714. The van der Waals surface area contributed by atoms with Gasteiger partial charge in [0, 0.05) is 0 Å². The fourth-order valence-electron chi connectivity index (χ4n) is 14.9. The van der Waals surface area contributed by atoms with Crippen molar-refractivity contribution in [3.63, 3.8) is 0 Å². The molecule has 4 aliphatic rings. The Morgan fingerprint density at radius 2 is 0.720 bits per heavy atom. The first kappa shape index (κ1) is 60.1. The molecule has 0 saturated heterocycles. The molecule has 2 aromatic rings. The predicted molar refractivity (Wildman–Crippen MR) is 314 cm³/mol. The number of unbranched alkanes of at least 4 members (excludes halogenated alkanes) is 12. The lowest BCUT2D eigenvalue weighted by molar-refractivity contribution is 0.152. The van der Waals surface area contributed by atoms with Crippen LogP contribution < -0.4 is 0 Å². The van der Waals surface area contributed by atoms with Crippen LogP contribution >= 0.6 is 0 Å². The van der Waals surface area contributed by atoms with Gasteiger partial charge in [0.05, 0.1) is 35.5 Å². The number of hydrogen-bond donors (Lipinski definition) is 0. The molecule has 0 aromatic heterocycles. The number of rotatable bonds is 30. The molecular formula is C70H102N4O. The third kappa shape index (κ3) is 17.9. The maximum atomic E-state index is 10.8. The molecule has 0 bridgehead atoms. The fourth-order valence-corrected chi connectivity index (χ4v) is 14.9. The highest BCUT2D eigenvalue weighted by Gasteiger charge is 2.35. The van der Waals surface area contributed by atoms with Crippen LogP contribution in [-0.4, -0.2) is 13.2 Å². The van der Waals surface area contributed by atoms with E-state index in [1.54, 1.807) is 0 Å². The standard InChI is InChI=1S/C70H102N4O/c1-5-9-13-15-19-21-53-25-29-55(30-26-53)57-33-37-61(38-34-57)63(65-43-41-59(23-17-11-7-3)67(49-71)69(65)51-73)45-47-75-48-46-64(66-44-42-60(24-18-12-8-4)68(50-72)70(66)52-74)62-39-35-58(36-40-62)56-31-27-54(28-32-56)22-20-16-14-10-6-2/h41-46,53-58,61-62H,5-40,47-48H2,1-4H3. The maximum absolute atomic E-state index is 10.8. The van der Waals surface area contributed by atoms with Gasteiger partial charge in [-0.15, -0.1) is 0 Å². The number of nitriles is 4. The molecule has 0 radical (unpaired) electrons. The van der Waals surface area contributed by atoms with Crippen molar-refractivity contribution in [2.24, 2.45) is 47.3 Å². The number of aryl methyl sites for hydroxylation is 2. The van der Waals surface area contributed by atoms with Crippen LogP contribution in [0.1, 0.15) is 291 Å². The maximum Gasteiger partial charge on any atom is 0.101 e. The second-order valence-electron chi connectivity index (χ2n) is 24.5. The number of benzene rings is 2.